The standard InChI is InChI=1S/C28H48O/c1-18(2)8-7-9-19(3)23-10-11-24-26-20(4)16-21-17-22(29)12-14-27(21,5)25(26)13-15-28(23,24)6/h18-19,21-26,29H,4,7-17H2,1-3,5-6H3/t19-,21+,22-,23+,24-,25-,26-,27+,28+/m1/s1. The molecule has 0 spiro atoms. The highest BCUT2D eigenvalue weighted by Gasteiger charge is 2.61. The second kappa shape index (κ2) is 7.99. The molecule has 4 saturated carbocycles. The van der Waals surface area contributed by atoms with Crippen molar-refractivity contribution in [3.63, 3.8) is 0 Å². The van der Waals surface area contributed by atoms with E-state index in [4.69, 9.17) is 6.58 Å². The van der Waals surface area contributed by atoms with Crippen molar-refractivity contribution < 1.29 is 5.11 Å². The summed E-state index contributed by atoms with van der Waals surface area (Å²) in [6.07, 6.45) is 14.4. The minimum atomic E-state index is -0.0613. The molecule has 4 rings (SSSR count). The number of rotatable bonds is 5. The summed E-state index contributed by atoms with van der Waals surface area (Å²) in [6.45, 7) is 17.3. The lowest BCUT2D eigenvalue weighted by molar-refractivity contribution is -0.107. The lowest BCUT2D eigenvalue weighted by Crippen LogP contribution is -2.54. The Balaban J connectivity index is 1.51. The quantitative estimate of drug-likeness (QED) is 0.470. The van der Waals surface area contributed by atoms with E-state index in [0.717, 1.165) is 48.3 Å². The van der Waals surface area contributed by atoms with Gasteiger partial charge < -0.3 is 5.11 Å². The summed E-state index contributed by atoms with van der Waals surface area (Å²) in [7, 11) is 0. The first kappa shape index (κ1) is 21.9. The summed E-state index contributed by atoms with van der Waals surface area (Å²) in [6, 6.07) is 0. The van der Waals surface area contributed by atoms with E-state index < -0.39 is 0 Å². The summed E-state index contributed by atoms with van der Waals surface area (Å²) in [5.74, 6) is 5.79. The van der Waals surface area contributed by atoms with Gasteiger partial charge in [-0.25, -0.2) is 0 Å². The van der Waals surface area contributed by atoms with E-state index in [9.17, 15) is 5.11 Å². The molecule has 0 aromatic heterocycles. The molecule has 0 aromatic rings. The highest BCUT2D eigenvalue weighted by atomic mass is 16.3. The first-order valence-corrected chi connectivity index (χ1v) is 13.0. The van der Waals surface area contributed by atoms with E-state index in [0.29, 0.717) is 16.7 Å². The molecule has 29 heavy (non-hydrogen) atoms. The van der Waals surface area contributed by atoms with Crippen LogP contribution in [0, 0.1) is 52.3 Å². The smallest absolute Gasteiger partial charge is 0.0543 e. The second-order valence-electron chi connectivity index (χ2n) is 12.8. The summed E-state index contributed by atoms with van der Waals surface area (Å²) in [5.41, 5.74) is 2.56. The molecule has 4 aliphatic carbocycles. The minimum absolute atomic E-state index is 0.0613. The third kappa shape index (κ3) is 3.66. The van der Waals surface area contributed by atoms with Gasteiger partial charge in [0, 0.05) is 0 Å². The van der Waals surface area contributed by atoms with Crippen molar-refractivity contribution in [1.29, 1.82) is 0 Å². The van der Waals surface area contributed by atoms with Gasteiger partial charge in [-0.05, 0) is 104 Å². The van der Waals surface area contributed by atoms with Gasteiger partial charge in [-0.2, -0.15) is 0 Å². The van der Waals surface area contributed by atoms with Gasteiger partial charge in [0.25, 0.3) is 0 Å². The van der Waals surface area contributed by atoms with Gasteiger partial charge in [0.05, 0.1) is 6.10 Å². The highest BCUT2D eigenvalue weighted by molar-refractivity contribution is 5.21. The Bertz CT molecular complexity index is 607. The fraction of sp³-hybridized carbons (Fsp3) is 0.929. The van der Waals surface area contributed by atoms with Gasteiger partial charge in [0.2, 0.25) is 0 Å². The monoisotopic (exact) mass is 400 g/mol. The topological polar surface area (TPSA) is 20.2 Å². The zero-order chi connectivity index (χ0) is 21.0. The number of aliphatic hydroxyl groups is 1. The zero-order valence-corrected chi connectivity index (χ0v) is 20.1. The summed E-state index contributed by atoms with van der Waals surface area (Å²) < 4.78 is 0. The minimum Gasteiger partial charge on any atom is -0.393 e. The van der Waals surface area contributed by atoms with Gasteiger partial charge in [-0.15, -0.1) is 0 Å². The van der Waals surface area contributed by atoms with Crippen LogP contribution in [0.4, 0.5) is 0 Å². The number of allylic oxidation sites excluding steroid dienone is 1. The van der Waals surface area contributed by atoms with Crippen LogP contribution in [0.15, 0.2) is 12.2 Å². The van der Waals surface area contributed by atoms with Crippen LogP contribution in [0.3, 0.4) is 0 Å². The molecule has 1 nitrogen and oxygen atoms in total. The first-order chi connectivity index (χ1) is 13.7. The molecule has 1 heteroatoms. The van der Waals surface area contributed by atoms with Gasteiger partial charge in [-0.3, -0.25) is 0 Å². The maximum absolute atomic E-state index is 10.3. The Morgan fingerprint density at radius 3 is 2.38 bits per heavy atom. The van der Waals surface area contributed by atoms with Crippen molar-refractivity contribution in [3.05, 3.63) is 12.2 Å². The van der Waals surface area contributed by atoms with E-state index in [1.54, 1.807) is 5.57 Å². The van der Waals surface area contributed by atoms with Gasteiger partial charge in [0.15, 0.2) is 0 Å². The Morgan fingerprint density at radius 1 is 0.966 bits per heavy atom. The third-order valence-corrected chi connectivity index (χ3v) is 10.8. The number of aliphatic hydroxyl groups excluding tert-OH is 1. The Kier molecular flexibility index (Phi) is 6.04. The molecule has 0 unspecified atom stereocenters. The van der Waals surface area contributed by atoms with Crippen molar-refractivity contribution in [3.8, 4) is 0 Å². The normalized spacial score (nSPS) is 48.2. The molecule has 4 aliphatic rings. The highest BCUT2D eigenvalue weighted by Crippen LogP contribution is 2.69. The largest absolute Gasteiger partial charge is 0.393 e. The van der Waals surface area contributed by atoms with Crippen molar-refractivity contribution in [2.45, 2.75) is 111 Å². The number of hydrogen-bond acceptors (Lipinski definition) is 1. The number of hydrogen-bond donors (Lipinski definition) is 1. The Labute approximate surface area is 181 Å². The molecule has 9 atom stereocenters. The maximum Gasteiger partial charge on any atom is 0.0543 e. The molecule has 0 aliphatic heterocycles. The lowest BCUT2D eigenvalue weighted by Gasteiger charge is -2.61. The molecule has 0 saturated heterocycles. The average molecular weight is 401 g/mol. The average Bonchev–Trinajstić information content (AvgIpc) is 3.00. The van der Waals surface area contributed by atoms with Crippen LogP contribution in [0.2, 0.25) is 0 Å². The summed E-state index contributed by atoms with van der Waals surface area (Å²) in [4.78, 5) is 0. The van der Waals surface area contributed by atoms with Crippen molar-refractivity contribution in [1.82, 2.24) is 0 Å². The fourth-order valence-corrected chi connectivity index (χ4v) is 9.13. The lowest BCUT2D eigenvalue weighted by atomic mass is 9.43. The van der Waals surface area contributed by atoms with Crippen molar-refractivity contribution >= 4 is 0 Å². The van der Waals surface area contributed by atoms with Crippen molar-refractivity contribution in [2.75, 3.05) is 0 Å². The van der Waals surface area contributed by atoms with Crippen LogP contribution in [-0.4, -0.2) is 11.2 Å². The van der Waals surface area contributed by atoms with Crippen LogP contribution < -0.4 is 0 Å². The molecule has 0 aromatic carbocycles. The van der Waals surface area contributed by atoms with E-state index in [1.807, 2.05) is 0 Å². The molecular formula is C28H48O. The van der Waals surface area contributed by atoms with Crippen LogP contribution in [-0.2, 0) is 0 Å². The van der Waals surface area contributed by atoms with E-state index in [2.05, 4.69) is 34.6 Å². The van der Waals surface area contributed by atoms with Crippen LogP contribution in [0.5, 0.6) is 0 Å². The first-order valence-electron chi connectivity index (χ1n) is 13.0. The molecule has 1 N–H and O–H groups in total. The van der Waals surface area contributed by atoms with Crippen LogP contribution in [0.1, 0.15) is 105 Å². The number of fused-ring (bicyclic) bond motifs is 5. The zero-order valence-electron chi connectivity index (χ0n) is 20.1. The third-order valence-electron chi connectivity index (χ3n) is 10.8. The molecule has 4 fully saturated rings. The van der Waals surface area contributed by atoms with Crippen LogP contribution >= 0.6 is 0 Å². The van der Waals surface area contributed by atoms with Crippen LogP contribution in [0.25, 0.3) is 0 Å². The fourth-order valence-electron chi connectivity index (χ4n) is 9.13. The molecule has 0 amide bonds. The molecule has 166 valence electrons. The van der Waals surface area contributed by atoms with Crippen molar-refractivity contribution in [2.24, 2.45) is 52.3 Å². The molecule has 0 bridgehead atoms. The molecule has 0 radical (unpaired) electrons. The SMILES string of the molecule is C=C1C[C@H]2C[C@H](O)CC[C@]2(C)[C@@H]2CC[C@]3(C)[C@H](CC[C@H]3[C@H](C)CCCC(C)C)[C@@H]12. The molecular weight excluding hydrogens is 352 g/mol. The Hall–Kier alpha value is -0.300. The van der Waals surface area contributed by atoms with Gasteiger partial charge in [0.1, 0.15) is 0 Å². The van der Waals surface area contributed by atoms with E-state index in [-0.39, 0.29) is 6.10 Å². The summed E-state index contributed by atoms with van der Waals surface area (Å²) >= 11 is 0. The maximum atomic E-state index is 10.3. The van der Waals surface area contributed by atoms with E-state index in [1.165, 1.54) is 57.8 Å². The van der Waals surface area contributed by atoms with Gasteiger partial charge in [-0.1, -0.05) is 66.0 Å². The van der Waals surface area contributed by atoms with E-state index >= 15 is 0 Å². The summed E-state index contributed by atoms with van der Waals surface area (Å²) in [5, 5.41) is 10.3. The predicted molar refractivity (Wildman–Crippen MR) is 124 cm³/mol. The van der Waals surface area contributed by atoms with Gasteiger partial charge >= 0.3 is 0 Å². The Morgan fingerprint density at radius 2 is 1.66 bits per heavy atom. The predicted octanol–water partition coefficient (Wildman–Crippen LogP) is 7.63. The second-order valence-corrected chi connectivity index (χ2v) is 12.8. The molecule has 0 heterocycles.